The zero-order valence-corrected chi connectivity index (χ0v) is 17.3. The van der Waals surface area contributed by atoms with E-state index in [0.29, 0.717) is 22.8 Å². The number of amides is 4. The van der Waals surface area contributed by atoms with Crippen molar-refractivity contribution in [2.24, 2.45) is 0 Å². The maximum absolute atomic E-state index is 12.9. The van der Waals surface area contributed by atoms with Crippen molar-refractivity contribution in [1.29, 1.82) is 0 Å². The molecule has 0 spiro atoms. The Bertz CT molecular complexity index is 1120. The van der Waals surface area contributed by atoms with E-state index >= 15 is 0 Å². The van der Waals surface area contributed by atoms with Crippen LogP contribution >= 0.6 is 11.3 Å². The summed E-state index contributed by atoms with van der Waals surface area (Å²) in [6.07, 6.45) is 0. The molecule has 3 rings (SSSR count). The zero-order chi connectivity index (χ0) is 22.4. The standard InChI is InChI=1S/C20H18FN5O4S/c1-11(27)22-14-7-8-17(30-2)15(9-14)24-18(28)16-10-31-20(25-16)26-19(29)23-13-5-3-12(21)4-6-13/h3-10H,1-2H3,(H,22,27)(H,24,28)(H2,23,25,26,29). The molecule has 0 radical (unpaired) electrons. The molecule has 4 amide bonds. The van der Waals surface area contributed by atoms with Gasteiger partial charge in [-0.25, -0.2) is 14.2 Å². The Morgan fingerprint density at radius 1 is 0.968 bits per heavy atom. The van der Waals surface area contributed by atoms with Gasteiger partial charge in [0.2, 0.25) is 5.91 Å². The van der Waals surface area contributed by atoms with Crippen LogP contribution in [0.5, 0.6) is 5.75 Å². The number of rotatable bonds is 6. The number of halogens is 1. The van der Waals surface area contributed by atoms with Crippen LogP contribution in [0.4, 0.5) is 31.4 Å². The summed E-state index contributed by atoms with van der Waals surface area (Å²) in [6, 6.07) is 9.48. The topological polar surface area (TPSA) is 121 Å². The van der Waals surface area contributed by atoms with Gasteiger partial charge in [0, 0.05) is 23.7 Å². The molecule has 1 heterocycles. The third kappa shape index (κ3) is 6.00. The van der Waals surface area contributed by atoms with Crippen LogP contribution in [0.25, 0.3) is 0 Å². The summed E-state index contributed by atoms with van der Waals surface area (Å²) in [6.45, 7) is 1.37. The number of thiazole rings is 1. The van der Waals surface area contributed by atoms with E-state index in [0.717, 1.165) is 11.3 Å². The molecule has 3 aromatic rings. The number of carbonyl (C=O) groups is 3. The number of methoxy groups -OCH3 is 1. The monoisotopic (exact) mass is 443 g/mol. The van der Waals surface area contributed by atoms with E-state index < -0.39 is 17.8 Å². The maximum atomic E-state index is 12.9. The minimum Gasteiger partial charge on any atom is -0.495 e. The van der Waals surface area contributed by atoms with Gasteiger partial charge in [-0.3, -0.25) is 14.9 Å². The summed E-state index contributed by atoms with van der Waals surface area (Å²) >= 11 is 1.06. The molecule has 9 nitrogen and oxygen atoms in total. The van der Waals surface area contributed by atoms with E-state index in [1.165, 1.54) is 43.7 Å². The van der Waals surface area contributed by atoms with Crippen LogP contribution in [0.2, 0.25) is 0 Å². The SMILES string of the molecule is COc1ccc(NC(C)=O)cc1NC(=O)c1csc(NC(=O)Nc2ccc(F)cc2)n1. The maximum Gasteiger partial charge on any atom is 0.325 e. The predicted octanol–water partition coefficient (Wildman–Crippen LogP) is 4.15. The van der Waals surface area contributed by atoms with Gasteiger partial charge in [-0.15, -0.1) is 11.3 Å². The summed E-state index contributed by atoms with van der Waals surface area (Å²) in [4.78, 5) is 40.0. The summed E-state index contributed by atoms with van der Waals surface area (Å²) in [7, 11) is 1.45. The second-order valence-corrected chi connectivity index (χ2v) is 7.03. The molecule has 0 unspecified atom stereocenters. The highest BCUT2D eigenvalue weighted by Crippen LogP contribution is 2.28. The Morgan fingerprint density at radius 2 is 1.68 bits per heavy atom. The van der Waals surface area contributed by atoms with E-state index in [9.17, 15) is 18.8 Å². The molecule has 0 atom stereocenters. The second-order valence-electron chi connectivity index (χ2n) is 6.17. The molecular weight excluding hydrogens is 425 g/mol. The molecule has 2 aromatic carbocycles. The fourth-order valence-corrected chi connectivity index (χ4v) is 3.19. The number of hydrogen-bond acceptors (Lipinski definition) is 6. The number of nitrogens with zero attached hydrogens (tertiary/aromatic N) is 1. The molecule has 0 saturated carbocycles. The van der Waals surface area contributed by atoms with Crippen LogP contribution in [0, 0.1) is 5.82 Å². The van der Waals surface area contributed by atoms with Gasteiger partial charge in [0.1, 0.15) is 17.3 Å². The lowest BCUT2D eigenvalue weighted by atomic mass is 10.2. The molecule has 160 valence electrons. The van der Waals surface area contributed by atoms with E-state index in [1.807, 2.05) is 0 Å². The molecule has 1 aromatic heterocycles. The average molecular weight is 443 g/mol. The minimum atomic E-state index is -0.586. The molecule has 0 aliphatic heterocycles. The highest BCUT2D eigenvalue weighted by molar-refractivity contribution is 7.14. The van der Waals surface area contributed by atoms with Gasteiger partial charge in [-0.1, -0.05) is 0 Å². The third-order valence-electron chi connectivity index (χ3n) is 3.83. The van der Waals surface area contributed by atoms with E-state index in [1.54, 1.807) is 18.2 Å². The number of aromatic nitrogens is 1. The summed E-state index contributed by atoms with van der Waals surface area (Å²) in [5.74, 6) is -0.798. The Morgan fingerprint density at radius 3 is 2.35 bits per heavy atom. The van der Waals surface area contributed by atoms with E-state index in [2.05, 4.69) is 26.3 Å². The first kappa shape index (κ1) is 21.7. The lowest BCUT2D eigenvalue weighted by Crippen LogP contribution is -2.19. The molecule has 0 aliphatic carbocycles. The molecule has 4 N–H and O–H groups in total. The van der Waals surface area contributed by atoms with Crippen molar-refractivity contribution in [1.82, 2.24) is 4.98 Å². The average Bonchev–Trinajstić information content (AvgIpc) is 3.18. The lowest BCUT2D eigenvalue weighted by molar-refractivity contribution is -0.114. The number of ether oxygens (including phenoxy) is 1. The summed E-state index contributed by atoms with van der Waals surface area (Å²) in [5, 5.41) is 12.0. The first-order chi connectivity index (χ1) is 14.8. The van der Waals surface area contributed by atoms with Crippen LogP contribution in [-0.4, -0.2) is 29.9 Å². The lowest BCUT2D eigenvalue weighted by Gasteiger charge is -2.11. The minimum absolute atomic E-state index is 0.0778. The highest BCUT2D eigenvalue weighted by atomic mass is 32.1. The number of urea groups is 1. The van der Waals surface area contributed by atoms with Crippen molar-refractivity contribution in [3.05, 3.63) is 59.4 Å². The molecule has 0 aliphatic rings. The van der Waals surface area contributed by atoms with Crippen molar-refractivity contribution < 1.29 is 23.5 Å². The van der Waals surface area contributed by atoms with Crippen LogP contribution in [0.1, 0.15) is 17.4 Å². The van der Waals surface area contributed by atoms with Crippen molar-refractivity contribution in [2.75, 3.05) is 28.4 Å². The third-order valence-corrected chi connectivity index (χ3v) is 4.59. The summed E-state index contributed by atoms with van der Waals surface area (Å²) in [5.41, 5.74) is 1.31. The Labute approximate surface area is 180 Å². The molecule has 31 heavy (non-hydrogen) atoms. The number of carbonyl (C=O) groups excluding carboxylic acids is 3. The van der Waals surface area contributed by atoms with Gasteiger partial charge in [0.05, 0.1) is 12.8 Å². The first-order valence-electron chi connectivity index (χ1n) is 8.90. The molecule has 0 saturated heterocycles. The van der Waals surface area contributed by atoms with E-state index in [4.69, 9.17) is 4.74 Å². The van der Waals surface area contributed by atoms with Gasteiger partial charge in [-0.2, -0.15) is 0 Å². The van der Waals surface area contributed by atoms with Crippen molar-refractivity contribution in [3.63, 3.8) is 0 Å². The molecule has 0 bridgehead atoms. The predicted molar refractivity (Wildman–Crippen MR) is 116 cm³/mol. The van der Waals surface area contributed by atoms with Gasteiger partial charge >= 0.3 is 6.03 Å². The van der Waals surface area contributed by atoms with Crippen LogP contribution in [0.15, 0.2) is 47.8 Å². The Hall–Kier alpha value is -3.99. The Kier molecular flexibility index (Phi) is 6.78. The number of benzene rings is 2. The van der Waals surface area contributed by atoms with Gasteiger partial charge in [-0.05, 0) is 42.5 Å². The zero-order valence-electron chi connectivity index (χ0n) is 16.5. The van der Waals surface area contributed by atoms with Crippen molar-refractivity contribution in [2.45, 2.75) is 6.92 Å². The normalized spacial score (nSPS) is 10.2. The van der Waals surface area contributed by atoms with Gasteiger partial charge in [0.15, 0.2) is 5.13 Å². The Balaban J connectivity index is 1.65. The highest BCUT2D eigenvalue weighted by Gasteiger charge is 2.15. The van der Waals surface area contributed by atoms with Gasteiger partial charge < -0.3 is 20.7 Å². The van der Waals surface area contributed by atoms with Crippen LogP contribution in [-0.2, 0) is 4.79 Å². The number of nitrogens with one attached hydrogen (secondary N) is 4. The van der Waals surface area contributed by atoms with E-state index in [-0.39, 0.29) is 16.7 Å². The number of hydrogen-bond donors (Lipinski definition) is 4. The summed E-state index contributed by atoms with van der Waals surface area (Å²) < 4.78 is 18.2. The molecular formula is C20H18FN5O4S. The fourth-order valence-electron chi connectivity index (χ4n) is 2.50. The first-order valence-corrected chi connectivity index (χ1v) is 9.78. The van der Waals surface area contributed by atoms with Gasteiger partial charge in [0.25, 0.3) is 5.91 Å². The van der Waals surface area contributed by atoms with Crippen LogP contribution < -0.4 is 26.0 Å². The van der Waals surface area contributed by atoms with Crippen molar-refractivity contribution in [3.8, 4) is 5.75 Å². The largest absolute Gasteiger partial charge is 0.495 e. The molecule has 0 fully saturated rings. The van der Waals surface area contributed by atoms with Crippen LogP contribution in [0.3, 0.4) is 0 Å². The second kappa shape index (κ2) is 9.67. The quantitative estimate of drug-likeness (QED) is 0.456. The smallest absolute Gasteiger partial charge is 0.325 e. The molecule has 11 heteroatoms. The number of anilines is 4. The fraction of sp³-hybridized carbons (Fsp3) is 0.100. The van der Waals surface area contributed by atoms with Crippen molar-refractivity contribution >= 4 is 51.4 Å².